The van der Waals surface area contributed by atoms with Crippen molar-refractivity contribution >= 4 is 11.6 Å². The third kappa shape index (κ3) is 3.10. The van der Waals surface area contributed by atoms with Crippen LogP contribution < -0.4 is 16.1 Å². The van der Waals surface area contributed by atoms with E-state index in [2.05, 4.69) is 40.8 Å². The molecule has 1 aromatic carbocycles. The summed E-state index contributed by atoms with van der Waals surface area (Å²) in [5.41, 5.74) is 2.47. The van der Waals surface area contributed by atoms with Crippen LogP contribution in [0.3, 0.4) is 0 Å². The van der Waals surface area contributed by atoms with E-state index < -0.39 is 11.2 Å². The zero-order valence-corrected chi connectivity index (χ0v) is 13.8. The number of benzene rings is 1. The van der Waals surface area contributed by atoms with Crippen LogP contribution in [-0.4, -0.2) is 47.0 Å². The Morgan fingerprint density at radius 2 is 1.75 bits per heavy atom. The molecule has 1 saturated heterocycles. The number of piperazine rings is 1. The quantitative estimate of drug-likeness (QED) is 0.847. The summed E-state index contributed by atoms with van der Waals surface area (Å²) in [6.45, 7) is 6.69. The molecule has 1 aliphatic heterocycles. The minimum absolute atomic E-state index is 0.0314. The molecule has 7 heteroatoms. The molecule has 0 spiro atoms. The fraction of sp³-hybridized carbons (Fsp3) is 0.353. The minimum Gasteiger partial charge on any atom is -0.368 e. The Kier molecular flexibility index (Phi) is 4.24. The summed E-state index contributed by atoms with van der Waals surface area (Å²) in [6, 6.07) is 7.34. The summed E-state index contributed by atoms with van der Waals surface area (Å²) in [4.78, 5) is 43.5. The molecule has 3 rings (SSSR count). The lowest BCUT2D eigenvalue weighted by Crippen LogP contribution is -2.49. The maximum atomic E-state index is 12.5. The summed E-state index contributed by atoms with van der Waals surface area (Å²) in [5, 5.41) is 0. The predicted molar refractivity (Wildman–Crippen MR) is 91.7 cm³/mol. The van der Waals surface area contributed by atoms with Crippen LogP contribution in [0.5, 0.6) is 0 Å². The monoisotopic (exact) mass is 328 g/mol. The first-order valence-electron chi connectivity index (χ1n) is 7.90. The van der Waals surface area contributed by atoms with Gasteiger partial charge in [-0.15, -0.1) is 0 Å². The van der Waals surface area contributed by atoms with E-state index in [1.807, 2.05) is 6.07 Å². The Labute approximate surface area is 138 Å². The summed E-state index contributed by atoms with van der Waals surface area (Å²) in [6.07, 6.45) is 0. The molecule has 0 aliphatic carbocycles. The Bertz CT molecular complexity index is 848. The number of nitrogens with one attached hydrogen (secondary N) is 2. The maximum absolute atomic E-state index is 12.5. The molecule has 0 atom stereocenters. The van der Waals surface area contributed by atoms with Gasteiger partial charge in [-0.1, -0.05) is 12.1 Å². The Balaban J connectivity index is 1.73. The lowest BCUT2D eigenvalue weighted by molar-refractivity contribution is 0.0740. The van der Waals surface area contributed by atoms with Crippen LogP contribution in [0.25, 0.3) is 0 Å². The van der Waals surface area contributed by atoms with Gasteiger partial charge in [-0.05, 0) is 31.0 Å². The normalized spacial score (nSPS) is 14.8. The van der Waals surface area contributed by atoms with Crippen molar-refractivity contribution < 1.29 is 4.79 Å². The first-order chi connectivity index (χ1) is 11.5. The first kappa shape index (κ1) is 16.0. The van der Waals surface area contributed by atoms with Crippen molar-refractivity contribution in [1.29, 1.82) is 0 Å². The number of anilines is 1. The average Bonchev–Trinajstić information content (AvgIpc) is 2.56. The molecule has 1 amide bonds. The van der Waals surface area contributed by atoms with E-state index in [-0.39, 0.29) is 11.6 Å². The number of nitrogens with zero attached hydrogens (tertiary/aromatic N) is 2. The molecule has 1 aromatic heterocycles. The SMILES string of the molecule is Cc1cccc(N2CCN(C(=O)c3cc(=O)[nH]c(=O)[nH]3)CC2)c1C. The molecule has 0 bridgehead atoms. The molecule has 126 valence electrons. The smallest absolute Gasteiger partial charge is 0.326 e. The number of carbonyl (C=O) groups excluding carboxylic acids is 1. The van der Waals surface area contributed by atoms with Gasteiger partial charge in [-0.3, -0.25) is 14.6 Å². The van der Waals surface area contributed by atoms with Crippen LogP contribution in [0, 0.1) is 13.8 Å². The first-order valence-corrected chi connectivity index (χ1v) is 7.90. The molecular weight excluding hydrogens is 308 g/mol. The molecule has 2 heterocycles. The van der Waals surface area contributed by atoms with Gasteiger partial charge in [0.15, 0.2) is 0 Å². The molecule has 2 N–H and O–H groups in total. The highest BCUT2D eigenvalue weighted by atomic mass is 16.2. The highest BCUT2D eigenvalue weighted by Crippen LogP contribution is 2.24. The number of rotatable bonds is 2. The number of hydrogen-bond donors (Lipinski definition) is 2. The number of aromatic nitrogens is 2. The molecule has 24 heavy (non-hydrogen) atoms. The highest BCUT2D eigenvalue weighted by molar-refractivity contribution is 5.92. The largest absolute Gasteiger partial charge is 0.368 e. The zero-order chi connectivity index (χ0) is 17.3. The summed E-state index contributed by atoms with van der Waals surface area (Å²) in [5.74, 6) is -0.321. The van der Waals surface area contributed by atoms with E-state index in [9.17, 15) is 14.4 Å². The molecule has 1 fully saturated rings. The van der Waals surface area contributed by atoms with Crippen LogP contribution >= 0.6 is 0 Å². The second-order valence-electron chi connectivity index (χ2n) is 6.00. The molecule has 0 saturated carbocycles. The van der Waals surface area contributed by atoms with Crippen molar-refractivity contribution in [3.8, 4) is 0 Å². The van der Waals surface area contributed by atoms with E-state index in [0.29, 0.717) is 26.2 Å². The third-order valence-electron chi connectivity index (χ3n) is 4.47. The molecule has 1 aliphatic rings. The van der Waals surface area contributed by atoms with Crippen molar-refractivity contribution in [2.45, 2.75) is 13.8 Å². The fourth-order valence-electron chi connectivity index (χ4n) is 2.98. The standard InChI is InChI=1S/C17H20N4O3/c1-11-4-3-5-14(12(11)2)20-6-8-21(9-7-20)16(23)13-10-15(22)19-17(24)18-13/h3-5,10H,6-9H2,1-2H3,(H2,18,19,22,24). The van der Waals surface area contributed by atoms with E-state index >= 15 is 0 Å². The topological polar surface area (TPSA) is 89.3 Å². The predicted octanol–water partition coefficient (Wildman–Crippen LogP) is 0.642. The minimum atomic E-state index is -0.667. The molecular formula is C17H20N4O3. The number of aryl methyl sites for hydroxylation is 1. The second-order valence-corrected chi connectivity index (χ2v) is 6.00. The van der Waals surface area contributed by atoms with Crippen molar-refractivity contribution in [3.63, 3.8) is 0 Å². The van der Waals surface area contributed by atoms with Crippen LogP contribution in [0.2, 0.25) is 0 Å². The average molecular weight is 328 g/mol. The van der Waals surface area contributed by atoms with E-state index in [4.69, 9.17) is 0 Å². The Morgan fingerprint density at radius 1 is 1.04 bits per heavy atom. The highest BCUT2D eigenvalue weighted by Gasteiger charge is 2.24. The fourth-order valence-corrected chi connectivity index (χ4v) is 2.98. The summed E-state index contributed by atoms with van der Waals surface area (Å²) < 4.78 is 0. The van der Waals surface area contributed by atoms with Crippen molar-refractivity contribution in [2.75, 3.05) is 31.1 Å². The van der Waals surface area contributed by atoms with Crippen molar-refractivity contribution in [3.05, 3.63) is 61.9 Å². The van der Waals surface area contributed by atoms with E-state index in [0.717, 1.165) is 6.07 Å². The van der Waals surface area contributed by atoms with Crippen LogP contribution in [-0.2, 0) is 0 Å². The molecule has 2 aromatic rings. The number of aromatic amines is 2. The van der Waals surface area contributed by atoms with Crippen LogP contribution in [0.1, 0.15) is 21.6 Å². The van der Waals surface area contributed by atoms with Crippen LogP contribution in [0.15, 0.2) is 33.9 Å². The summed E-state index contributed by atoms with van der Waals surface area (Å²) >= 11 is 0. The molecule has 7 nitrogen and oxygen atoms in total. The van der Waals surface area contributed by atoms with Gasteiger partial charge in [-0.2, -0.15) is 0 Å². The zero-order valence-electron chi connectivity index (χ0n) is 13.8. The lowest BCUT2D eigenvalue weighted by Gasteiger charge is -2.37. The van der Waals surface area contributed by atoms with Crippen molar-refractivity contribution in [2.24, 2.45) is 0 Å². The Hall–Kier alpha value is -2.83. The molecule has 0 unspecified atom stereocenters. The van der Waals surface area contributed by atoms with E-state index in [1.54, 1.807) is 4.90 Å². The summed E-state index contributed by atoms with van der Waals surface area (Å²) in [7, 11) is 0. The van der Waals surface area contributed by atoms with Gasteiger partial charge in [0.05, 0.1) is 0 Å². The number of carbonyl (C=O) groups is 1. The van der Waals surface area contributed by atoms with Gasteiger partial charge >= 0.3 is 5.69 Å². The number of H-pyrrole nitrogens is 2. The Morgan fingerprint density at radius 3 is 2.42 bits per heavy atom. The van der Waals surface area contributed by atoms with E-state index in [1.165, 1.54) is 16.8 Å². The van der Waals surface area contributed by atoms with Crippen LogP contribution in [0.4, 0.5) is 5.69 Å². The molecule has 0 radical (unpaired) electrons. The van der Waals surface area contributed by atoms with Crippen molar-refractivity contribution in [1.82, 2.24) is 14.9 Å². The van der Waals surface area contributed by atoms with Gasteiger partial charge < -0.3 is 14.8 Å². The number of amides is 1. The number of hydrogen-bond acceptors (Lipinski definition) is 4. The second kappa shape index (κ2) is 6.35. The van der Waals surface area contributed by atoms with Gasteiger partial charge in [0.25, 0.3) is 11.5 Å². The maximum Gasteiger partial charge on any atom is 0.326 e. The van der Waals surface area contributed by atoms with Gasteiger partial charge in [-0.25, -0.2) is 4.79 Å². The van der Waals surface area contributed by atoms with Gasteiger partial charge in [0.2, 0.25) is 0 Å². The lowest BCUT2D eigenvalue weighted by atomic mass is 10.1. The van der Waals surface area contributed by atoms with Gasteiger partial charge in [0.1, 0.15) is 5.69 Å². The third-order valence-corrected chi connectivity index (χ3v) is 4.47. The van der Waals surface area contributed by atoms with Gasteiger partial charge in [0, 0.05) is 37.9 Å².